The summed E-state index contributed by atoms with van der Waals surface area (Å²) in [7, 11) is 6.50. The molecule has 1 heterocycles. The van der Waals surface area contributed by atoms with Gasteiger partial charge in [0.2, 0.25) is 11.9 Å². The summed E-state index contributed by atoms with van der Waals surface area (Å²) >= 11 is 0. The Morgan fingerprint density at radius 3 is 2.45 bits per heavy atom. The van der Waals surface area contributed by atoms with Crippen LogP contribution in [0, 0.1) is 0 Å². The third-order valence-electron chi connectivity index (χ3n) is 3.08. The molecule has 0 saturated carbocycles. The number of methoxy groups -OCH3 is 2. The molecule has 7 nitrogen and oxygen atoms in total. The number of aromatic nitrogens is 2. The van der Waals surface area contributed by atoms with Crippen LogP contribution in [0.2, 0.25) is 0 Å². The first-order chi connectivity index (χ1) is 9.47. The smallest absolute Gasteiger partial charge is 0.242 e. The Balaban J connectivity index is 2.55. The molecule has 2 rings (SSSR count). The maximum atomic E-state index is 11.8. The number of benzene rings is 1. The number of hydrogen-bond acceptors (Lipinski definition) is 5. The first-order valence-electron chi connectivity index (χ1n) is 6.05. The van der Waals surface area contributed by atoms with Crippen molar-refractivity contribution < 1.29 is 14.3 Å². The van der Waals surface area contributed by atoms with Crippen LogP contribution in [0.1, 0.15) is 0 Å². The highest BCUT2D eigenvalue weighted by Crippen LogP contribution is 2.32. The fourth-order valence-electron chi connectivity index (χ4n) is 1.91. The molecule has 0 bridgehead atoms. The van der Waals surface area contributed by atoms with E-state index in [0.717, 1.165) is 5.52 Å². The van der Waals surface area contributed by atoms with Crippen molar-refractivity contribution >= 4 is 22.9 Å². The van der Waals surface area contributed by atoms with E-state index in [1.54, 1.807) is 45.0 Å². The second kappa shape index (κ2) is 5.28. The zero-order chi connectivity index (χ0) is 14.9. The van der Waals surface area contributed by atoms with Crippen LogP contribution in [0.4, 0.5) is 5.95 Å². The van der Waals surface area contributed by atoms with Crippen LogP contribution in [0.15, 0.2) is 12.1 Å². The number of amides is 1. The Hall–Kier alpha value is -2.44. The Labute approximate surface area is 116 Å². The number of imidazole rings is 1. The maximum absolute atomic E-state index is 11.8. The third-order valence-corrected chi connectivity index (χ3v) is 3.08. The molecule has 1 amide bonds. The van der Waals surface area contributed by atoms with Crippen molar-refractivity contribution in [3.63, 3.8) is 0 Å². The number of anilines is 1. The second-order valence-electron chi connectivity index (χ2n) is 4.54. The van der Waals surface area contributed by atoms with Crippen molar-refractivity contribution in [1.82, 2.24) is 14.5 Å². The fourth-order valence-corrected chi connectivity index (χ4v) is 1.91. The van der Waals surface area contributed by atoms with E-state index in [-0.39, 0.29) is 18.4 Å². The van der Waals surface area contributed by atoms with Crippen molar-refractivity contribution in [2.24, 2.45) is 0 Å². The van der Waals surface area contributed by atoms with Crippen molar-refractivity contribution in [3.05, 3.63) is 12.1 Å². The molecular formula is C13H18N4O3. The van der Waals surface area contributed by atoms with Gasteiger partial charge in [-0.2, -0.15) is 0 Å². The first kappa shape index (κ1) is 14.0. The van der Waals surface area contributed by atoms with Gasteiger partial charge < -0.3 is 24.7 Å². The summed E-state index contributed by atoms with van der Waals surface area (Å²) in [4.78, 5) is 17.6. The number of rotatable bonds is 4. The minimum atomic E-state index is -0.0641. The molecule has 0 aliphatic carbocycles. The molecule has 0 aliphatic rings. The Bertz CT molecular complexity index is 649. The standard InChI is InChI=1S/C13H18N4O3/c1-16(2)12(18)7-17-9-6-11(20-4)10(19-3)5-8(9)15-13(17)14/h5-6H,7H2,1-4H3,(H2,14,15). The molecule has 0 radical (unpaired) electrons. The molecule has 0 fully saturated rings. The number of likely N-dealkylation sites (N-methyl/N-ethyl adjacent to an activating group) is 1. The van der Waals surface area contributed by atoms with Gasteiger partial charge in [-0.1, -0.05) is 0 Å². The fraction of sp³-hybridized carbons (Fsp3) is 0.385. The zero-order valence-electron chi connectivity index (χ0n) is 12.0. The van der Waals surface area contributed by atoms with E-state index in [2.05, 4.69) is 4.98 Å². The lowest BCUT2D eigenvalue weighted by Crippen LogP contribution is -2.26. The average Bonchev–Trinajstić information content (AvgIpc) is 2.72. The molecule has 1 aromatic heterocycles. The van der Waals surface area contributed by atoms with Crippen LogP contribution in [0.25, 0.3) is 11.0 Å². The topological polar surface area (TPSA) is 82.6 Å². The van der Waals surface area contributed by atoms with E-state index < -0.39 is 0 Å². The van der Waals surface area contributed by atoms with Crippen molar-refractivity contribution in [2.75, 3.05) is 34.0 Å². The summed E-state index contributed by atoms with van der Waals surface area (Å²) in [6.45, 7) is 0.130. The van der Waals surface area contributed by atoms with Crippen molar-refractivity contribution in [2.45, 2.75) is 6.54 Å². The summed E-state index contributed by atoms with van der Waals surface area (Å²) < 4.78 is 12.1. The number of nitrogens with two attached hydrogens (primary N) is 1. The molecule has 0 spiro atoms. The summed E-state index contributed by atoms with van der Waals surface area (Å²) in [5, 5.41) is 0. The van der Waals surface area contributed by atoms with Gasteiger partial charge in [0.15, 0.2) is 11.5 Å². The predicted molar refractivity (Wildman–Crippen MR) is 75.9 cm³/mol. The van der Waals surface area contributed by atoms with Crippen molar-refractivity contribution in [3.8, 4) is 11.5 Å². The quantitative estimate of drug-likeness (QED) is 0.891. The van der Waals surface area contributed by atoms with Crippen LogP contribution in [-0.2, 0) is 11.3 Å². The van der Waals surface area contributed by atoms with Crippen LogP contribution >= 0.6 is 0 Å². The second-order valence-corrected chi connectivity index (χ2v) is 4.54. The highest BCUT2D eigenvalue weighted by Gasteiger charge is 2.16. The van der Waals surface area contributed by atoms with Gasteiger partial charge in [0.1, 0.15) is 6.54 Å². The van der Waals surface area contributed by atoms with Gasteiger partial charge in [-0.25, -0.2) is 4.98 Å². The SMILES string of the molecule is COc1cc2nc(N)n(CC(=O)N(C)C)c2cc1OC. The van der Waals surface area contributed by atoms with E-state index in [4.69, 9.17) is 15.2 Å². The number of nitrogen functional groups attached to an aromatic ring is 1. The molecule has 0 aliphatic heterocycles. The molecule has 20 heavy (non-hydrogen) atoms. The molecule has 108 valence electrons. The molecule has 0 saturated heterocycles. The molecule has 2 N–H and O–H groups in total. The van der Waals surface area contributed by atoms with Gasteiger partial charge >= 0.3 is 0 Å². The van der Waals surface area contributed by atoms with Gasteiger partial charge in [-0.3, -0.25) is 4.79 Å². The minimum Gasteiger partial charge on any atom is -0.493 e. The summed E-state index contributed by atoms with van der Waals surface area (Å²) in [6, 6.07) is 3.50. The maximum Gasteiger partial charge on any atom is 0.242 e. The molecule has 0 unspecified atom stereocenters. The van der Waals surface area contributed by atoms with Gasteiger partial charge in [0.05, 0.1) is 25.3 Å². The minimum absolute atomic E-state index is 0.0641. The molecule has 1 aromatic carbocycles. The van der Waals surface area contributed by atoms with Crippen molar-refractivity contribution in [1.29, 1.82) is 0 Å². The highest BCUT2D eigenvalue weighted by atomic mass is 16.5. The number of carbonyl (C=O) groups is 1. The molecule has 7 heteroatoms. The summed E-state index contributed by atoms with van der Waals surface area (Å²) in [6.07, 6.45) is 0. The lowest BCUT2D eigenvalue weighted by molar-refractivity contribution is -0.129. The molecule has 0 atom stereocenters. The average molecular weight is 278 g/mol. The predicted octanol–water partition coefficient (Wildman–Crippen LogP) is 0.724. The van der Waals surface area contributed by atoms with Crippen LogP contribution < -0.4 is 15.2 Å². The van der Waals surface area contributed by atoms with Crippen LogP contribution in [-0.4, -0.2) is 48.7 Å². The largest absolute Gasteiger partial charge is 0.493 e. The van der Waals surface area contributed by atoms with Crippen LogP contribution in [0.3, 0.4) is 0 Å². The number of hydrogen-bond donors (Lipinski definition) is 1. The number of carbonyl (C=O) groups excluding carboxylic acids is 1. The summed E-state index contributed by atoms with van der Waals surface area (Å²) in [5.41, 5.74) is 7.28. The highest BCUT2D eigenvalue weighted by molar-refractivity contribution is 5.85. The van der Waals surface area contributed by atoms with E-state index in [9.17, 15) is 4.79 Å². The van der Waals surface area contributed by atoms with Crippen LogP contribution in [0.5, 0.6) is 11.5 Å². The molecular weight excluding hydrogens is 260 g/mol. The lowest BCUT2D eigenvalue weighted by Gasteiger charge is -2.13. The molecule has 2 aromatic rings. The van der Waals surface area contributed by atoms with E-state index in [0.29, 0.717) is 17.0 Å². The number of ether oxygens (including phenoxy) is 2. The van der Waals surface area contributed by atoms with E-state index >= 15 is 0 Å². The zero-order valence-corrected chi connectivity index (χ0v) is 12.0. The lowest BCUT2D eigenvalue weighted by atomic mass is 10.2. The normalized spacial score (nSPS) is 10.6. The van der Waals surface area contributed by atoms with Gasteiger partial charge in [0.25, 0.3) is 0 Å². The summed E-state index contributed by atoms with van der Waals surface area (Å²) in [5.74, 6) is 1.36. The van der Waals surface area contributed by atoms with Gasteiger partial charge in [0, 0.05) is 26.2 Å². The van der Waals surface area contributed by atoms with Gasteiger partial charge in [-0.05, 0) is 0 Å². The van der Waals surface area contributed by atoms with E-state index in [1.165, 1.54) is 4.90 Å². The Morgan fingerprint density at radius 1 is 1.30 bits per heavy atom. The number of nitrogens with zero attached hydrogens (tertiary/aromatic N) is 3. The monoisotopic (exact) mass is 278 g/mol. The third kappa shape index (κ3) is 2.34. The number of fused-ring (bicyclic) bond motifs is 1. The first-order valence-corrected chi connectivity index (χ1v) is 6.05. The Morgan fingerprint density at radius 2 is 1.90 bits per heavy atom. The van der Waals surface area contributed by atoms with E-state index in [1.807, 2.05) is 0 Å². The van der Waals surface area contributed by atoms with Gasteiger partial charge in [-0.15, -0.1) is 0 Å². The Kier molecular flexibility index (Phi) is 3.69.